The van der Waals surface area contributed by atoms with E-state index in [1.165, 1.54) is 18.5 Å². The molecule has 1 N–H and O–H groups in total. The molecule has 1 saturated heterocycles. The van der Waals surface area contributed by atoms with E-state index in [-0.39, 0.29) is 0 Å². The minimum Gasteiger partial charge on any atom is -0.378 e. The summed E-state index contributed by atoms with van der Waals surface area (Å²) in [6.45, 7) is 6.21. The van der Waals surface area contributed by atoms with E-state index in [1.807, 2.05) is 0 Å². The summed E-state index contributed by atoms with van der Waals surface area (Å²) < 4.78 is 7.87. The minimum absolute atomic E-state index is 0.505. The molecule has 1 atom stereocenters. The maximum Gasteiger partial charge on any atom is 0.0588 e. The zero-order chi connectivity index (χ0) is 11.2. The molecule has 1 aliphatic rings. The second-order valence-corrected chi connectivity index (χ2v) is 4.39. The predicted molar refractivity (Wildman–Crippen MR) is 65.4 cm³/mol. The zero-order valence-electron chi connectivity index (χ0n) is 10.1. The molecule has 0 aromatic carbocycles. The number of aryl methyl sites for hydroxylation is 1. The molecule has 0 aliphatic carbocycles. The van der Waals surface area contributed by atoms with Crippen LogP contribution in [-0.4, -0.2) is 23.8 Å². The van der Waals surface area contributed by atoms with E-state index in [0.717, 1.165) is 32.7 Å². The minimum atomic E-state index is 0.505. The molecule has 1 aromatic heterocycles. The van der Waals surface area contributed by atoms with Crippen LogP contribution < -0.4 is 5.32 Å². The first-order chi connectivity index (χ1) is 7.90. The average Bonchev–Trinajstić information content (AvgIpc) is 2.95. The number of nitrogens with one attached hydrogen (secondary N) is 1. The monoisotopic (exact) mass is 222 g/mol. The summed E-state index contributed by atoms with van der Waals surface area (Å²) in [5.41, 5.74) is 1.37. The molecule has 0 spiro atoms. The maximum absolute atomic E-state index is 5.59. The second-order valence-electron chi connectivity index (χ2n) is 4.39. The van der Waals surface area contributed by atoms with Gasteiger partial charge in [-0.3, -0.25) is 0 Å². The van der Waals surface area contributed by atoms with Crippen LogP contribution in [0.5, 0.6) is 0 Å². The first kappa shape index (κ1) is 11.7. The van der Waals surface area contributed by atoms with Crippen molar-refractivity contribution in [1.82, 2.24) is 9.88 Å². The first-order valence-electron chi connectivity index (χ1n) is 6.36. The van der Waals surface area contributed by atoms with Crippen molar-refractivity contribution in [1.29, 1.82) is 0 Å². The van der Waals surface area contributed by atoms with E-state index >= 15 is 0 Å². The molecule has 3 heteroatoms. The molecule has 1 unspecified atom stereocenters. The fourth-order valence-electron chi connectivity index (χ4n) is 2.27. The highest BCUT2D eigenvalue weighted by atomic mass is 16.5. The zero-order valence-corrected chi connectivity index (χ0v) is 10.1. The van der Waals surface area contributed by atoms with Crippen molar-refractivity contribution < 1.29 is 4.74 Å². The van der Waals surface area contributed by atoms with Gasteiger partial charge < -0.3 is 14.6 Å². The van der Waals surface area contributed by atoms with Gasteiger partial charge in [-0.1, -0.05) is 0 Å². The van der Waals surface area contributed by atoms with Crippen molar-refractivity contribution in [3.8, 4) is 0 Å². The highest BCUT2D eigenvalue weighted by Gasteiger charge is 2.14. The third-order valence-electron chi connectivity index (χ3n) is 3.24. The topological polar surface area (TPSA) is 26.2 Å². The number of aromatic nitrogens is 1. The molecule has 1 aliphatic heterocycles. The Morgan fingerprint density at radius 2 is 2.50 bits per heavy atom. The Hall–Kier alpha value is -0.800. The molecule has 0 amide bonds. The summed E-state index contributed by atoms with van der Waals surface area (Å²) in [5, 5.41) is 3.49. The average molecular weight is 222 g/mol. The molecule has 1 aromatic rings. The molecule has 2 rings (SSSR count). The Morgan fingerprint density at radius 3 is 3.25 bits per heavy atom. The van der Waals surface area contributed by atoms with Gasteiger partial charge in [0, 0.05) is 31.6 Å². The number of hydrogen-bond donors (Lipinski definition) is 1. The van der Waals surface area contributed by atoms with Crippen molar-refractivity contribution in [3.63, 3.8) is 0 Å². The third kappa shape index (κ3) is 3.09. The summed E-state index contributed by atoms with van der Waals surface area (Å²) in [4.78, 5) is 0. The molecule has 2 heterocycles. The number of nitrogens with zero attached hydrogens (tertiary/aromatic N) is 1. The van der Waals surface area contributed by atoms with Crippen LogP contribution >= 0.6 is 0 Å². The van der Waals surface area contributed by atoms with Crippen molar-refractivity contribution in [2.24, 2.45) is 0 Å². The summed E-state index contributed by atoms with van der Waals surface area (Å²) in [6.07, 6.45) is 6.27. The van der Waals surface area contributed by atoms with Crippen LogP contribution in [0.2, 0.25) is 0 Å². The lowest BCUT2D eigenvalue weighted by Crippen LogP contribution is -2.21. The SMILES string of the molecule is CCn1cccc1CNCCC1CCCO1. The molecule has 0 radical (unpaired) electrons. The van der Waals surface area contributed by atoms with E-state index in [9.17, 15) is 0 Å². The molecular weight excluding hydrogens is 200 g/mol. The van der Waals surface area contributed by atoms with E-state index in [0.29, 0.717) is 6.10 Å². The number of ether oxygens (including phenoxy) is 1. The van der Waals surface area contributed by atoms with Gasteiger partial charge in [-0.25, -0.2) is 0 Å². The van der Waals surface area contributed by atoms with Gasteiger partial charge in [-0.2, -0.15) is 0 Å². The smallest absolute Gasteiger partial charge is 0.0588 e. The van der Waals surface area contributed by atoms with Gasteiger partial charge in [0.15, 0.2) is 0 Å². The Balaban J connectivity index is 1.64. The van der Waals surface area contributed by atoms with Crippen LogP contribution in [0.4, 0.5) is 0 Å². The normalized spacial score (nSPS) is 20.4. The molecule has 0 bridgehead atoms. The van der Waals surface area contributed by atoms with Crippen LogP contribution in [-0.2, 0) is 17.8 Å². The lowest BCUT2D eigenvalue weighted by molar-refractivity contribution is 0.104. The summed E-state index contributed by atoms with van der Waals surface area (Å²) in [7, 11) is 0. The van der Waals surface area contributed by atoms with Gasteiger partial charge in [0.1, 0.15) is 0 Å². The van der Waals surface area contributed by atoms with Gasteiger partial charge in [0.05, 0.1) is 6.10 Å². The number of hydrogen-bond acceptors (Lipinski definition) is 2. The van der Waals surface area contributed by atoms with Crippen LogP contribution in [0.25, 0.3) is 0 Å². The lowest BCUT2D eigenvalue weighted by atomic mass is 10.2. The van der Waals surface area contributed by atoms with E-state index in [2.05, 4.69) is 35.1 Å². The molecule has 16 heavy (non-hydrogen) atoms. The van der Waals surface area contributed by atoms with Gasteiger partial charge in [0.2, 0.25) is 0 Å². The molecule has 0 saturated carbocycles. The van der Waals surface area contributed by atoms with Crippen LogP contribution in [0.1, 0.15) is 31.9 Å². The Morgan fingerprint density at radius 1 is 1.56 bits per heavy atom. The quantitative estimate of drug-likeness (QED) is 0.747. The molecule has 90 valence electrons. The Bertz CT molecular complexity index is 303. The van der Waals surface area contributed by atoms with Crippen LogP contribution in [0.15, 0.2) is 18.3 Å². The van der Waals surface area contributed by atoms with Gasteiger partial charge in [0.25, 0.3) is 0 Å². The summed E-state index contributed by atoms with van der Waals surface area (Å²) in [5.74, 6) is 0. The van der Waals surface area contributed by atoms with Gasteiger partial charge in [-0.15, -0.1) is 0 Å². The van der Waals surface area contributed by atoms with Crippen molar-refractivity contribution >= 4 is 0 Å². The van der Waals surface area contributed by atoms with Gasteiger partial charge >= 0.3 is 0 Å². The van der Waals surface area contributed by atoms with Crippen molar-refractivity contribution in [2.45, 2.75) is 45.4 Å². The van der Waals surface area contributed by atoms with E-state index in [1.54, 1.807) is 0 Å². The van der Waals surface area contributed by atoms with E-state index in [4.69, 9.17) is 4.74 Å². The van der Waals surface area contributed by atoms with E-state index < -0.39 is 0 Å². The third-order valence-corrected chi connectivity index (χ3v) is 3.24. The fourth-order valence-corrected chi connectivity index (χ4v) is 2.27. The molecular formula is C13H22N2O. The Labute approximate surface area is 97.8 Å². The largest absolute Gasteiger partial charge is 0.378 e. The maximum atomic E-state index is 5.59. The van der Waals surface area contributed by atoms with Crippen molar-refractivity contribution in [2.75, 3.05) is 13.2 Å². The summed E-state index contributed by atoms with van der Waals surface area (Å²) in [6, 6.07) is 4.29. The van der Waals surface area contributed by atoms with Crippen molar-refractivity contribution in [3.05, 3.63) is 24.0 Å². The van der Waals surface area contributed by atoms with Crippen LogP contribution in [0.3, 0.4) is 0 Å². The first-order valence-corrected chi connectivity index (χ1v) is 6.36. The molecule has 3 nitrogen and oxygen atoms in total. The lowest BCUT2D eigenvalue weighted by Gasteiger charge is -2.11. The second kappa shape index (κ2) is 6.06. The Kier molecular flexibility index (Phi) is 4.43. The number of rotatable bonds is 6. The predicted octanol–water partition coefficient (Wildman–Crippen LogP) is 2.17. The van der Waals surface area contributed by atoms with Gasteiger partial charge in [-0.05, 0) is 44.9 Å². The fraction of sp³-hybridized carbons (Fsp3) is 0.692. The molecule has 1 fully saturated rings. The van der Waals surface area contributed by atoms with Crippen LogP contribution in [0, 0.1) is 0 Å². The standard InChI is InChI=1S/C13H22N2O/c1-2-15-9-3-5-12(15)11-14-8-7-13-6-4-10-16-13/h3,5,9,13-14H,2,4,6-8,10-11H2,1H3. The highest BCUT2D eigenvalue weighted by molar-refractivity contribution is 5.06. The summed E-state index contributed by atoms with van der Waals surface area (Å²) >= 11 is 0. The highest BCUT2D eigenvalue weighted by Crippen LogP contribution is 2.14.